The largest absolute Gasteiger partial charge is 0.482 e. The standard InChI is InChI=1S/C15H17N3O3S/c1-3-8-18-13(16-17-15(18)22-10-14(19)20)9-21-12-6-4-11(2)5-7-12/h3-7H,1,8-10H2,2H3,(H,19,20)/p+1. The van der Waals surface area contributed by atoms with Crippen LogP contribution in [0.15, 0.2) is 42.1 Å². The lowest BCUT2D eigenvalue weighted by molar-refractivity contribution is -0.731. The first-order valence-electron chi connectivity index (χ1n) is 6.72. The van der Waals surface area contributed by atoms with E-state index in [1.807, 2.05) is 35.8 Å². The van der Waals surface area contributed by atoms with Crippen LogP contribution in [0.25, 0.3) is 0 Å². The molecule has 1 heterocycles. The lowest BCUT2D eigenvalue weighted by atomic mass is 10.2. The summed E-state index contributed by atoms with van der Waals surface area (Å²) in [7, 11) is 0. The molecular formula is C15H18N3O3S+. The predicted octanol–water partition coefficient (Wildman–Crippen LogP) is 1.95. The summed E-state index contributed by atoms with van der Waals surface area (Å²) in [6.07, 6.45) is 1.73. The SMILES string of the molecule is C=CC[n+]1c(SCC(=O)O)n[nH]c1COc1ccc(C)cc1. The van der Waals surface area contributed by atoms with Crippen LogP contribution in [0.1, 0.15) is 11.4 Å². The van der Waals surface area contributed by atoms with Crippen molar-refractivity contribution in [3.05, 3.63) is 48.3 Å². The van der Waals surface area contributed by atoms with Gasteiger partial charge in [0.05, 0.1) is 11.6 Å². The number of rotatable bonds is 8. The Hall–Kier alpha value is -2.28. The van der Waals surface area contributed by atoms with Gasteiger partial charge in [0.1, 0.15) is 11.5 Å². The number of aromatic nitrogens is 3. The summed E-state index contributed by atoms with van der Waals surface area (Å²) in [6, 6.07) is 7.77. The molecule has 0 saturated heterocycles. The Labute approximate surface area is 132 Å². The molecule has 7 heteroatoms. The van der Waals surface area contributed by atoms with Crippen molar-refractivity contribution in [1.82, 2.24) is 10.2 Å². The fraction of sp³-hybridized carbons (Fsp3) is 0.267. The van der Waals surface area contributed by atoms with Crippen LogP contribution in [-0.2, 0) is 17.9 Å². The number of nitrogens with zero attached hydrogens (tertiary/aromatic N) is 2. The van der Waals surface area contributed by atoms with Crippen LogP contribution in [0, 0.1) is 6.92 Å². The van der Waals surface area contributed by atoms with Crippen molar-refractivity contribution >= 4 is 17.7 Å². The summed E-state index contributed by atoms with van der Waals surface area (Å²) in [4.78, 5) is 10.7. The highest BCUT2D eigenvalue weighted by molar-refractivity contribution is 7.99. The molecule has 1 aromatic heterocycles. The van der Waals surface area contributed by atoms with Crippen LogP contribution in [0.2, 0.25) is 0 Å². The molecule has 116 valence electrons. The van der Waals surface area contributed by atoms with Crippen molar-refractivity contribution in [2.75, 3.05) is 5.75 Å². The molecule has 2 rings (SSSR count). The number of benzene rings is 1. The second kappa shape index (κ2) is 7.65. The lowest BCUT2D eigenvalue weighted by Crippen LogP contribution is -2.38. The van der Waals surface area contributed by atoms with Gasteiger partial charge in [0.25, 0.3) is 5.82 Å². The molecule has 0 radical (unpaired) electrons. The Morgan fingerprint density at radius 3 is 2.86 bits per heavy atom. The molecule has 0 spiro atoms. The maximum Gasteiger partial charge on any atom is 0.337 e. The van der Waals surface area contributed by atoms with Crippen LogP contribution in [0.4, 0.5) is 0 Å². The van der Waals surface area contributed by atoms with Gasteiger partial charge in [-0.05, 0) is 30.8 Å². The molecule has 1 aromatic carbocycles. The van der Waals surface area contributed by atoms with Gasteiger partial charge in [-0.25, -0.2) is 4.57 Å². The molecule has 2 N–H and O–H groups in total. The van der Waals surface area contributed by atoms with E-state index in [4.69, 9.17) is 9.84 Å². The minimum absolute atomic E-state index is 0.0414. The van der Waals surface area contributed by atoms with Crippen molar-refractivity contribution in [2.24, 2.45) is 0 Å². The van der Waals surface area contributed by atoms with Crippen molar-refractivity contribution in [1.29, 1.82) is 0 Å². The fourth-order valence-corrected chi connectivity index (χ4v) is 2.50. The summed E-state index contributed by atoms with van der Waals surface area (Å²) in [5.74, 6) is 0.606. The summed E-state index contributed by atoms with van der Waals surface area (Å²) in [5.41, 5.74) is 1.17. The van der Waals surface area contributed by atoms with Gasteiger partial charge in [-0.2, -0.15) is 0 Å². The molecule has 0 aliphatic heterocycles. The number of hydrogen-bond acceptors (Lipinski definition) is 4. The smallest absolute Gasteiger partial charge is 0.337 e. The van der Waals surface area contributed by atoms with E-state index in [0.29, 0.717) is 18.3 Å². The van der Waals surface area contributed by atoms with Crippen molar-refractivity contribution < 1.29 is 19.2 Å². The maximum atomic E-state index is 10.7. The zero-order chi connectivity index (χ0) is 15.9. The highest BCUT2D eigenvalue weighted by atomic mass is 32.2. The first-order chi connectivity index (χ1) is 10.6. The summed E-state index contributed by atoms with van der Waals surface area (Å²) in [6.45, 7) is 6.58. The summed E-state index contributed by atoms with van der Waals surface area (Å²) in [5, 5.41) is 16.4. The highest BCUT2D eigenvalue weighted by Crippen LogP contribution is 2.14. The van der Waals surface area contributed by atoms with E-state index >= 15 is 0 Å². The van der Waals surface area contributed by atoms with Crippen LogP contribution < -0.4 is 9.30 Å². The zero-order valence-corrected chi connectivity index (χ0v) is 13.1. The number of aryl methyl sites for hydroxylation is 1. The van der Waals surface area contributed by atoms with Gasteiger partial charge < -0.3 is 9.84 Å². The third-order valence-corrected chi connectivity index (χ3v) is 3.83. The van der Waals surface area contributed by atoms with Crippen molar-refractivity contribution in [3.8, 4) is 5.75 Å². The normalized spacial score (nSPS) is 10.4. The average molecular weight is 320 g/mol. The average Bonchev–Trinajstić information content (AvgIpc) is 2.87. The molecule has 0 saturated carbocycles. The van der Waals surface area contributed by atoms with Crippen LogP contribution >= 0.6 is 11.8 Å². The number of H-pyrrole nitrogens is 1. The Balaban J connectivity index is 2.07. The number of allylic oxidation sites excluding steroid dienone is 1. The van der Waals surface area contributed by atoms with Crippen molar-refractivity contribution in [3.63, 3.8) is 0 Å². The molecule has 0 bridgehead atoms. The molecule has 22 heavy (non-hydrogen) atoms. The Bertz CT molecular complexity index is 653. The number of hydrogen-bond donors (Lipinski definition) is 2. The number of carboxylic acid groups (broad SMARTS) is 1. The zero-order valence-electron chi connectivity index (χ0n) is 12.3. The van der Waals surface area contributed by atoms with E-state index in [2.05, 4.69) is 16.8 Å². The van der Waals surface area contributed by atoms with E-state index in [-0.39, 0.29) is 5.75 Å². The van der Waals surface area contributed by atoms with E-state index in [9.17, 15) is 4.79 Å². The minimum atomic E-state index is -0.879. The first-order valence-corrected chi connectivity index (χ1v) is 7.70. The van der Waals surface area contributed by atoms with Crippen molar-refractivity contribution in [2.45, 2.75) is 25.2 Å². The van der Waals surface area contributed by atoms with E-state index in [0.717, 1.165) is 23.3 Å². The molecule has 0 unspecified atom stereocenters. The van der Waals surface area contributed by atoms with Gasteiger partial charge >= 0.3 is 11.1 Å². The van der Waals surface area contributed by atoms with Crippen LogP contribution in [0.3, 0.4) is 0 Å². The van der Waals surface area contributed by atoms with Gasteiger partial charge in [-0.3, -0.25) is 4.79 Å². The monoisotopic (exact) mass is 320 g/mol. The number of thioether (sulfide) groups is 1. The second-order valence-electron chi connectivity index (χ2n) is 4.64. The van der Waals surface area contributed by atoms with Gasteiger partial charge in [0.2, 0.25) is 0 Å². The molecule has 0 atom stereocenters. The molecule has 6 nitrogen and oxygen atoms in total. The highest BCUT2D eigenvalue weighted by Gasteiger charge is 2.21. The summed E-state index contributed by atoms with van der Waals surface area (Å²) >= 11 is 1.16. The molecule has 0 amide bonds. The van der Waals surface area contributed by atoms with Gasteiger partial charge in [-0.1, -0.05) is 30.4 Å². The topological polar surface area (TPSA) is 79.1 Å². The number of carboxylic acids is 1. The quantitative estimate of drug-likeness (QED) is 0.441. The molecular weight excluding hydrogens is 302 g/mol. The first kappa shape index (κ1) is 16.1. The second-order valence-corrected chi connectivity index (χ2v) is 5.58. The Morgan fingerprint density at radius 1 is 1.50 bits per heavy atom. The van der Waals surface area contributed by atoms with E-state index in [1.54, 1.807) is 6.08 Å². The van der Waals surface area contributed by atoms with Gasteiger partial charge in [0.15, 0.2) is 6.61 Å². The third kappa shape index (κ3) is 4.36. The van der Waals surface area contributed by atoms with Gasteiger partial charge in [0, 0.05) is 0 Å². The minimum Gasteiger partial charge on any atom is -0.482 e. The Kier molecular flexibility index (Phi) is 5.60. The van der Waals surface area contributed by atoms with E-state index in [1.165, 1.54) is 5.56 Å². The maximum absolute atomic E-state index is 10.7. The Morgan fingerprint density at radius 2 is 2.23 bits per heavy atom. The third-order valence-electron chi connectivity index (χ3n) is 2.87. The van der Waals surface area contributed by atoms with E-state index < -0.39 is 5.97 Å². The fourth-order valence-electron chi connectivity index (χ4n) is 1.80. The van der Waals surface area contributed by atoms with Gasteiger partial charge in [-0.15, -0.1) is 5.10 Å². The lowest BCUT2D eigenvalue weighted by Gasteiger charge is -2.05. The number of ether oxygens (including phenoxy) is 1. The number of aromatic amines is 1. The molecule has 0 aliphatic carbocycles. The molecule has 0 fully saturated rings. The predicted molar refractivity (Wildman–Crippen MR) is 82.9 cm³/mol. The number of nitrogens with one attached hydrogen (secondary N) is 1. The van der Waals surface area contributed by atoms with Crippen LogP contribution in [-0.4, -0.2) is 27.0 Å². The molecule has 0 aliphatic rings. The summed E-state index contributed by atoms with van der Waals surface area (Å²) < 4.78 is 7.58. The molecule has 2 aromatic rings. The number of carbonyl (C=O) groups is 1. The number of aliphatic carboxylic acids is 1. The van der Waals surface area contributed by atoms with Crippen LogP contribution in [0.5, 0.6) is 5.75 Å².